The minimum Gasteiger partial charge on any atom is -0.409 e. The molecule has 2 rings (SSSR count). The molecule has 1 unspecified atom stereocenters. The molecule has 0 bridgehead atoms. The number of rotatable bonds is 5. The van der Waals surface area contributed by atoms with Gasteiger partial charge in [-0.1, -0.05) is 5.16 Å². The molecular formula is C13H25N3O2. The maximum Gasteiger partial charge on any atom is 0.139 e. The van der Waals surface area contributed by atoms with Gasteiger partial charge < -0.3 is 21.0 Å². The van der Waals surface area contributed by atoms with Crippen LogP contribution in [0.4, 0.5) is 0 Å². The average Bonchev–Trinajstić information content (AvgIpc) is 3.05. The summed E-state index contributed by atoms with van der Waals surface area (Å²) in [5.41, 5.74) is 5.82. The first-order valence-corrected chi connectivity index (χ1v) is 6.79. The van der Waals surface area contributed by atoms with Crippen LogP contribution in [-0.2, 0) is 4.74 Å². The van der Waals surface area contributed by atoms with E-state index in [0.29, 0.717) is 18.3 Å². The van der Waals surface area contributed by atoms with E-state index in [0.717, 1.165) is 26.0 Å². The van der Waals surface area contributed by atoms with Gasteiger partial charge in [0.15, 0.2) is 0 Å². The molecule has 2 fully saturated rings. The van der Waals surface area contributed by atoms with Gasteiger partial charge in [-0.05, 0) is 44.9 Å². The third-order valence-corrected chi connectivity index (χ3v) is 4.10. The van der Waals surface area contributed by atoms with Crippen molar-refractivity contribution < 1.29 is 9.94 Å². The van der Waals surface area contributed by atoms with Gasteiger partial charge in [0, 0.05) is 25.6 Å². The second kappa shape index (κ2) is 5.05. The number of nitrogens with one attached hydrogen (secondary N) is 1. The number of nitrogens with zero attached hydrogens (tertiary/aromatic N) is 1. The molecule has 1 aliphatic heterocycles. The zero-order chi connectivity index (χ0) is 13.2. The Morgan fingerprint density at radius 2 is 2.22 bits per heavy atom. The van der Waals surface area contributed by atoms with Gasteiger partial charge >= 0.3 is 0 Å². The SMILES string of the molecule is CC1(C)CC(NCC2(CC(N)=NO)CC2)CCO1. The van der Waals surface area contributed by atoms with E-state index < -0.39 is 0 Å². The molecule has 0 amide bonds. The Labute approximate surface area is 109 Å². The Bertz CT molecular complexity index is 324. The zero-order valence-corrected chi connectivity index (χ0v) is 11.4. The summed E-state index contributed by atoms with van der Waals surface area (Å²) < 4.78 is 5.71. The molecule has 1 atom stereocenters. The molecule has 5 heteroatoms. The molecule has 0 aromatic rings. The highest BCUT2D eigenvalue weighted by Gasteiger charge is 2.43. The lowest BCUT2D eigenvalue weighted by Crippen LogP contribution is -2.45. The predicted molar refractivity (Wildman–Crippen MR) is 70.7 cm³/mol. The van der Waals surface area contributed by atoms with Gasteiger partial charge in [0.05, 0.1) is 5.60 Å². The normalized spacial score (nSPS) is 30.1. The molecule has 104 valence electrons. The van der Waals surface area contributed by atoms with E-state index in [9.17, 15) is 0 Å². The first-order valence-electron chi connectivity index (χ1n) is 6.79. The fraction of sp³-hybridized carbons (Fsp3) is 0.923. The average molecular weight is 255 g/mol. The number of hydrogen-bond donors (Lipinski definition) is 3. The summed E-state index contributed by atoms with van der Waals surface area (Å²) in [5.74, 6) is 0.349. The van der Waals surface area contributed by atoms with Crippen molar-refractivity contribution in [1.29, 1.82) is 0 Å². The van der Waals surface area contributed by atoms with E-state index in [1.807, 2.05) is 0 Å². The van der Waals surface area contributed by atoms with E-state index in [1.54, 1.807) is 0 Å². The summed E-state index contributed by atoms with van der Waals surface area (Å²) in [6.07, 6.45) is 5.16. The lowest BCUT2D eigenvalue weighted by molar-refractivity contribution is -0.0633. The standard InChI is InChI=1S/C13H25N3O2/c1-12(2)7-10(3-6-18-12)15-9-13(4-5-13)8-11(14)16-17/h10,15,17H,3-9H2,1-2H3,(H2,14,16). The summed E-state index contributed by atoms with van der Waals surface area (Å²) in [6, 6.07) is 0.526. The van der Waals surface area contributed by atoms with Crippen LogP contribution in [0.15, 0.2) is 5.16 Å². The molecule has 1 saturated carbocycles. The highest BCUT2D eigenvalue weighted by atomic mass is 16.5. The minimum atomic E-state index is -0.0157. The van der Waals surface area contributed by atoms with Crippen LogP contribution in [0.5, 0.6) is 0 Å². The van der Waals surface area contributed by atoms with Gasteiger partial charge in [0.1, 0.15) is 5.84 Å². The van der Waals surface area contributed by atoms with Crippen molar-refractivity contribution in [1.82, 2.24) is 5.32 Å². The summed E-state index contributed by atoms with van der Waals surface area (Å²) in [5, 5.41) is 15.4. The Hall–Kier alpha value is -0.810. The Balaban J connectivity index is 1.78. The summed E-state index contributed by atoms with van der Waals surface area (Å²) in [7, 11) is 0. The third kappa shape index (κ3) is 3.59. The molecule has 0 aromatic heterocycles. The fourth-order valence-electron chi connectivity index (χ4n) is 2.78. The smallest absolute Gasteiger partial charge is 0.139 e. The van der Waals surface area contributed by atoms with Crippen LogP contribution < -0.4 is 11.1 Å². The molecule has 1 saturated heterocycles. The molecule has 1 heterocycles. The molecule has 0 spiro atoms. The zero-order valence-electron chi connectivity index (χ0n) is 11.4. The van der Waals surface area contributed by atoms with Gasteiger partial charge in [0.25, 0.3) is 0 Å². The topological polar surface area (TPSA) is 79.9 Å². The Morgan fingerprint density at radius 3 is 2.78 bits per heavy atom. The van der Waals surface area contributed by atoms with Crippen LogP contribution in [0, 0.1) is 5.41 Å². The van der Waals surface area contributed by atoms with E-state index >= 15 is 0 Å². The van der Waals surface area contributed by atoms with E-state index in [2.05, 4.69) is 24.3 Å². The summed E-state index contributed by atoms with van der Waals surface area (Å²) >= 11 is 0. The van der Waals surface area contributed by atoms with Gasteiger partial charge in [-0.3, -0.25) is 0 Å². The van der Waals surface area contributed by atoms with Gasteiger partial charge in [-0.15, -0.1) is 0 Å². The molecule has 18 heavy (non-hydrogen) atoms. The van der Waals surface area contributed by atoms with Crippen molar-refractivity contribution in [2.45, 2.75) is 57.6 Å². The summed E-state index contributed by atoms with van der Waals surface area (Å²) in [4.78, 5) is 0. The van der Waals surface area contributed by atoms with Crippen LogP contribution in [0.3, 0.4) is 0 Å². The van der Waals surface area contributed by atoms with Crippen molar-refractivity contribution in [3.63, 3.8) is 0 Å². The first kappa shape index (κ1) is 13.6. The van der Waals surface area contributed by atoms with Crippen molar-refractivity contribution in [2.75, 3.05) is 13.2 Å². The molecule has 0 radical (unpaired) electrons. The Kier molecular flexibility index (Phi) is 3.82. The highest BCUT2D eigenvalue weighted by Crippen LogP contribution is 2.48. The van der Waals surface area contributed by atoms with E-state index in [-0.39, 0.29) is 11.0 Å². The monoisotopic (exact) mass is 255 g/mol. The molecular weight excluding hydrogens is 230 g/mol. The fourth-order valence-corrected chi connectivity index (χ4v) is 2.78. The van der Waals surface area contributed by atoms with Crippen LogP contribution >= 0.6 is 0 Å². The molecule has 1 aliphatic carbocycles. The van der Waals surface area contributed by atoms with Gasteiger partial charge in [-0.25, -0.2) is 0 Å². The quantitative estimate of drug-likeness (QED) is 0.301. The van der Waals surface area contributed by atoms with Crippen molar-refractivity contribution in [3.8, 4) is 0 Å². The van der Waals surface area contributed by atoms with E-state index in [4.69, 9.17) is 15.7 Å². The van der Waals surface area contributed by atoms with Crippen LogP contribution in [-0.4, -0.2) is 35.8 Å². The largest absolute Gasteiger partial charge is 0.409 e. The molecule has 2 aliphatic rings. The number of amidine groups is 1. The van der Waals surface area contributed by atoms with Gasteiger partial charge in [0.2, 0.25) is 0 Å². The maximum absolute atomic E-state index is 8.64. The van der Waals surface area contributed by atoms with Crippen LogP contribution in [0.1, 0.15) is 46.0 Å². The predicted octanol–water partition coefficient (Wildman–Crippen LogP) is 1.45. The first-order chi connectivity index (χ1) is 8.45. The molecule has 4 N–H and O–H groups in total. The van der Waals surface area contributed by atoms with Crippen molar-refractivity contribution in [2.24, 2.45) is 16.3 Å². The number of oxime groups is 1. The van der Waals surface area contributed by atoms with E-state index in [1.165, 1.54) is 12.8 Å². The Morgan fingerprint density at radius 1 is 1.50 bits per heavy atom. The van der Waals surface area contributed by atoms with Crippen molar-refractivity contribution in [3.05, 3.63) is 0 Å². The number of nitrogens with two attached hydrogens (primary N) is 1. The number of ether oxygens (including phenoxy) is 1. The number of hydrogen-bond acceptors (Lipinski definition) is 4. The van der Waals surface area contributed by atoms with Crippen molar-refractivity contribution >= 4 is 5.84 Å². The minimum absolute atomic E-state index is 0.0157. The lowest BCUT2D eigenvalue weighted by atomic mass is 9.93. The molecule has 5 nitrogen and oxygen atoms in total. The van der Waals surface area contributed by atoms with Gasteiger partial charge in [-0.2, -0.15) is 0 Å². The second-order valence-electron chi connectivity index (χ2n) is 6.45. The summed E-state index contributed by atoms with van der Waals surface area (Å²) in [6.45, 7) is 6.08. The van der Waals surface area contributed by atoms with Crippen LogP contribution in [0.25, 0.3) is 0 Å². The third-order valence-electron chi connectivity index (χ3n) is 4.10. The highest BCUT2D eigenvalue weighted by molar-refractivity contribution is 5.80. The van der Waals surface area contributed by atoms with Crippen LogP contribution in [0.2, 0.25) is 0 Å². The second-order valence-corrected chi connectivity index (χ2v) is 6.45. The maximum atomic E-state index is 8.64. The molecule has 0 aromatic carbocycles. The lowest BCUT2D eigenvalue weighted by Gasteiger charge is -2.36.